The SMILES string of the molecule is CCOc1ccc(-c2noc(Cn3nc(-c4cccc(Cl)c4)ccc3=O)n2)cc1OC. The predicted octanol–water partition coefficient (Wildman–Crippen LogP) is 4.07. The molecular weight excluding hydrogens is 420 g/mol. The van der Waals surface area contributed by atoms with Gasteiger partial charge < -0.3 is 14.0 Å². The standard InChI is InChI=1S/C22H19ClN4O4/c1-3-30-18-9-7-15(12-19(18)29-2)22-24-20(31-26-22)13-27-21(28)10-8-17(25-27)14-5-4-6-16(23)11-14/h4-12H,3,13H2,1-2H3. The third kappa shape index (κ3) is 4.59. The number of methoxy groups -OCH3 is 1. The summed E-state index contributed by atoms with van der Waals surface area (Å²) in [4.78, 5) is 16.7. The van der Waals surface area contributed by atoms with Crippen molar-refractivity contribution < 1.29 is 14.0 Å². The molecule has 0 spiro atoms. The molecule has 0 unspecified atom stereocenters. The molecule has 0 aliphatic heterocycles. The minimum Gasteiger partial charge on any atom is -0.493 e. The lowest BCUT2D eigenvalue weighted by Crippen LogP contribution is -2.23. The van der Waals surface area contributed by atoms with Crippen LogP contribution in [0.5, 0.6) is 11.5 Å². The van der Waals surface area contributed by atoms with Crippen LogP contribution in [0.4, 0.5) is 0 Å². The van der Waals surface area contributed by atoms with Gasteiger partial charge in [0.2, 0.25) is 11.7 Å². The Morgan fingerprint density at radius 3 is 2.71 bits per heavy atom. The lowest BCUT2D eigenvalue weighted by molar-refractivity contribution is 0.311. The molecule has 0 atom stereocenters. The molecule has 2 aromatic carbocycles. The van der Waals surface area contributed by atoms with Gasteiger partial charge in [-0.05, 0) is 43.3 Å². The van der Waals surface area contributed by atoms with Crippen molar-refractivity contribution in [2.75, 3.05) is 13.7 Å². The summed E-state index contributed by atoms with van der Waals surface area (Å²) in [5.74, 6) is 1.82. The van der Waals surface area contributed by atoms with E-state index in [2.05, 4.69) is 15.2 Å². The van der Waals surface area contributed by atoms with Gasteiger partial charge in [0, 0.05) is 22.2 Å². The number of ether oxygens (including phenoxy) is 2. The van der Waals surface area contributed by atoms with Gasteiger partial charge in [-0.2, -0.15) is 10.1 Å². The van der Waals surface area contributed by atoms with E-state index in [1.807, 2.05) is 25.1 Å². The van der Waals surface area contributed by atoms with E-state index in [-0.39, 0.29) is 18.0 Å². The molecule has 8 nitrogen and oxygen atoms in total. The van der Waals surface area contributed by atoms with Crippen molar-refractivity contribution >= 4 is 11.6 Å². The van der Waals surface area contributed by atoms with E-state index in [1.54, 1.807) is 37.4 Å². The third-order valence-electron chi connectivity index (χ3n) is 4.46. The molecule has 2 aromatic heterocycles. The average molecular weight is 439 g/mol. The minimum absolute atomic E-state index is 0.0361. The Morgan fingerprint density at radius 2 is 1.94 bits per heavy atom. The summed E-state index contributed by atoms with van der Waals surface area (Å²) < 4.78 is 17.5. The second-order valence-electron chi connectivity index (χ2n) is 6.54. The average Bonchev–Trinajstić information content (AvgIpc) is 3.24. The highest BCUT2D eigenvalue weighted by molar-refractivity contribution is 6.30. The summed E-state index contributed by atoms with van der Waals surface area (Å²) in [6.45, 7) is 2.46. The fourth-order valence-electron chi connectivity index (χ4n) is 3.01. The fourth-order valence-corrected chi connectivity index (χ4v) is 3.20. The molecule has 31 heavy (non-hydrogen) atoms. The van der Waals surface area contributed by atoms with Gasteiger partial charge in [-0.25, -0.2) is 4.68 Å². The second-order valence-corrected chi connectivity index (χ2v) is 6.97. The molecule has 0 aliphatic rings. The molecule has 0 saturated heterocycles. The van der Waals surface area contributed by atoms with Crippen LogP contribution in [0.25, 0.3) is 22.6 Å². The Hall–Kier alpha value is -3.65. The van der Waals surface area contributed by atoms with E-state index in [4.69, 9.17) is 25.6 Å². The first kappa shape index (κ1) is 20.6. The quantitative estimate of drug-likeness (QED) is 0.429. The Morgan fingerprint density at radius 1 is 1.06 bits per heavy atom. The topological polar surface area (TPSA) is 92.3 Å². The Bertz CT molecular complexity index is 1270. The molecule has 0 amide bonds. The summed E-state index contributed by atoms with van der Waals surface area (Å²) in [6, 6.07) is 15.7. The number of rotatable bonds is 7. The van der Waals surface area contributed by atoms with Crippen LogP contribution in [0.2, 0.25) is 5.02 Å². The molecule has 158 valence electrons. The highest BCUT2D eigenvalue weighted by Crippen LogP contribution is 2.31. The molecule has 4 aromatic rings. The smallest absolute Gasteiger partial charge is 0.267 e. The maximum absolute atomic E-state index is 12.3. The monoisotopic (exact) mass is 438 g/mol. The molecule has 9 heteroatoms. The maximum Gasteiger partial charge on any atom is 0.267 e. The van der Waals surface area contributed by atoms with E-state index in [0.29, 0.717) is 40.2 Å². The number of benzene rings is 2. The van der Waals surface area contributed by atoms with Gasteiger partial charge in [-0.3, -0.25) is 4.79 Å². The van der Waals surface area contributed by atoms with Crippen molar-refractivity contribution in [1.82, 2.24) is 19.9 Å². The van der Waals surface area contributed by atoms with Crippen molar-refractivity contribution in [2.45, 2.75) is 13.5 Å². The van der Waals surface area contributed by atoms with Crippen molar-refractivity contribution in [3.05, 3.63) is 75.9 Å². The highest BCUT2D eigenvalue weighted by atomic mass is 35.5. The molecule has 0 saturated carbocycles. The first-order valence-electron chi connectivity index (χ1n) is 9.55. The van der Waals surface area contributed by atoms with Crippen LogP contribution in [-0.2, 0) is 6.54 Å². The van der Waals surface area contributed by atoms with E-state index < -0.39 is 0 Å². The van der Waals surface area contributed by atoms with Gasteiger partial charge in [-0.15, -0.1) is 0 Å². The molecule has 2 heterocycles. The van der Waals surface area contributed by atoms with Gasteiger partial charge in [0.1, 0.15) is 6.54 Å². The van der Waals surface area contributed by atoms with Gasteiger partial charge in [-0.1, -0.05) is 28.9 Å². The lowest BCUT2D eigenvalue weighted by atomic mass is 10.1. The zero-order chi connectivity index (χ0) is 21.8. The fraction of sp³-hybridized carbons (Fsp3) is 0.182. The Kier molecular flexibility index (Phi) is 5.99. The van der Waals surface area contributed by atoms with Gasteiger partial charge in [0.05, 0.1) is 19.4 Å². The lowest BCUT2D eigenvalue weighted by Gasteiger charge is -2.09. The van der Waals surface area contributed by atoms with Crippen LogP contribution in [0.1, 0.15) is 12.8 Å². The van der Waals surface area contributed by atoms with E-state index in [0.717, 1.165) is 5.56 Å². The minimum atomic E-state index is -0.284. The normalized spacial score (nSPS) is 10.8. The summed E-state index contributed by atoms with van der Waals surface area (Å²) in [7, 11) is 1.56. The van der Waals surface area contributed by atoms with E-state index >= 15 is 0 Å². The van der Waals surface area contributed by atoms with Crippen molar-refractivity contribution in [3.8, 4) is 34.1 Å². The highest BCUT2D eigenvalue weighted by Gasteiger charge is 2.14. The van der Waals surface area contributed by atoms with Crippen LogP contribution < -0.4 is 15.0 Å². The first-order chi connectivity index (χ1) is 15.1. The number of halogens is 1. The van der Waals surface area contributed by atoms with Crippen molar-refractivity contribution in [3.63, 3.8) is 0 Å². The number of hydrogen-bond donors (Lipinski definition) is 0. The van der Waals surface area contributed by atoms with Crippen molar-refractivity contribution in [2.24, 2.45) is 0 Å². The maximum atomic E-state index is 12.3. The molecule has 4 rings (SSSR count). The van der Waals surface area contributed by atoms with Crippen molar-refractivity contribution in [1.29, 1.82) is 0 Å². The van der Waals surface area contributed by atoms with Crippen LogP contribution >= 0.6 is 11.6 Å². The van der Waals surface area contributed by atoms with Gasteiger partial charge >= 0.3 is 0 Å². The summed E-state index contributed by atoms with van der Waals surface area (Å²) >= 11 is 6.06. The summed E-state index contributed by atoms with van der Waals surface area (Å²) in [5, 5.41) is 9.00. The third-order valence-corrected chi connectivity index (χ3v) is 4.70. The van der Waals surface area contributed by atoms with Gasteiger partial charge in [0.15, 0.2) is 11.5 Å². The Labute approximate surface area is 183 Å². The second kappa shape index (κ2) is 9.01. The van der Waals surface area contributed by atoms with Crippen LogP contribution in [0, 0.1) is 0 Å². The largest absolute Gasteiger partial charge is 0.493 e. The first-order valence-corrected chi connectivity index (χ1v) is 9.93. The number of hydrogen-bond acceptors (Lipinski definition) is 7. The van der Waals surface area contributed by atoms with E-state index in [1.165, 1.54) is 10.7 Å². The predicted molar refractivity (Wildman–Crippen MR) is 116 cm³/mol. The van der Waals surface area contributed by atoms with Crippen LogP contribution in [0.15, 0.2) is 63.9 Å². The molecule has 0 radical (unpaired) electrons. The van der Waals surface area contributed by atoms with Gasteiger partial charge in [0.25, 0.3) is 5.56 Å². The zero-order valence-corrected chi connectivity index (χ0v) is 17.7. The summed E-state index contributed by atoms with van der Waals surface area (Å²) in [5.41, 5.74) is 1.82. The molecule has 0 aliphatic carbocycles. The zero-order valence-electron chi connectivity index (χ0n) is 16.9. The molecule has 0 N–H and O–H groups in total. The molecule has 0 bridgehead atoms. The molecular formula is C22H19ClN4O4. The number of nitrogens with zero attached hydrogens (tertiary/aromatic N) is 4. The molecule has 0 fully saturated rings. The van der Waals surface area contributed by atoms with Crippen LogP contribution in [0.3, 0.4) is 0 Å². The Balaban J connectivity index is 1.60. The summed E-state index contributed by atoms with van der Waals surface area (Å²) in [6.07, 6.45) is 0. The van der Waals surface area contributed by atoms with E-state index in [9.17, 15) is 4.79 Å². The van der Waals surface area contributed by atoms with Crippen LogP contribution in [-0.4, -0.2) is 33.6 Å². The number of aromatic nitrogens is 4.